The highest BCUT2D eigenvalue weighted by atomic mass is 16.6. The largest absolute Gasteiger partial charge is 0.456 e. The summed E-state index contributed by atoms with van der Waals surface area (Å²) in [6, 6.07) is 0. The van der Waals surface area contributed by atoms with Crippen molar-refractivity contribution >= 4 is 5.97 Å². The average molecular weight is 334 g/mol. The van der Waals surface area contributed by atoms with Crippen LogP contribution in [-0.2, 0) is 14.3 Å². The molecule has 3 aliphatic heterocycles. The Morgan fingerprint density at radius 1 is 1.38 bits per heavy atom. The molecule has 0 unspecified atom stereocenters. The standard InChI is InChI=1S/C20H30O4/c1-12-7-5-9-13(2)17-18-15(14(3)19(21)24-17)11-16(23-18)20(4,22)10-6-8-12/h8,13,15-18,22H,3,5-7,9-11H2,1-2,4H3/t13-,15-,16-,17-,18+,20+/m0/s1. The van der Waals surface area contributed by atoms with Crippen LogP contribution < -0.4 is 0 Å². The third-order valence-electron chi connectivity index (χ3n) is 6.09. The van der Waals surface area contributed by atoms with Crippen molar-refractivity contribution < 1.29 is 19.4 Å². The number of carbonyl (C=O) groups is 1. The van der Waals surface area contributed by atoms with Gasteiger partial charge in [-0.15, -0.1) is 0 Å². The van der Waals surface area contributed by atoms with Crippen molar-refractivity contribution in [1.82, 2.24) is 0 Å². The predicted molar refractivity (Wildman–Crippen MR) is 92.4 cm³/mol. The van der Waals surface area contributed by atoms with E-state index >= 15 is 0 Å². The van der Waals surface area contributed by atoms with Crippen LogP contribution in [0.25, 0.3) is 0 Å². The van der Waals surface area contributed by atoms with E-state index in [2.05, 4.69) is 26.5 Å². The molecule has 0 aliphatic carbocycles. The van der Waals surface area contributed by atoms with Gasteiger partial charge in [0.05, 0.1) is 11.7 Å². The Morgan fingerprint density at radius 3 is 2.88 bits per heavy atom. The highest BCUT2D eigenvalue weighted by Crippen LogP contribution is 2.45. The highest BCUT2D eigenvalue weighted by molar-refractivity contribution is 5.89. The molecule has 0 radical (unpaired) electrons. The van der Waals surface area contributed by atoms with E-state index in [-0.39, 0.29) is 36.1 Å². The Labute approximate surface area is 144 Å². The van der Waals surface area contributed by atoms with Crippen LogP contribution in [-0.4, -0.2) is 35.0 Å². The highest BCUT2D eigenvalue weighted by Gasteiger charge is 2.53. The van der Waals surface area contributed by atoms with Crippen molar-refractivity contribution in [3.8, 4) is 0 Å². The van der Waals surface area contributed by atoms with Crippen LogP contribution in [0, 0.1) is 11.8 Å². The molecular weight excluding hydrogens is 304 g/mol. The van der Waals surface area contributed by atoms with Crippen molar-refractivity contribution in [2.75, 3.05) is 0 Å². The number of allylic oxidation sites excluding steroid dienone is 2. The average Bonchev–Trinajstić information content (AvgIpc) is 2.96. The van der Waals surface area contributed by atoms with E-state index in [0.29, 0.717) is 18.4 Å². The van der Waals surface area contributed by atoms with E-state index in [9.17, 15) is 9.90 Å². The summed E-state index contributed by atoms with van der Waals surface area (Å²) in [7, 11) is 0. The Balaban J connectivity index is 1.89. The quantitative estimate of drug-likeness (QED) is 0.418. The normalized spacial score (nSPS) is 44.0. The molecule has 4 heteroatoms. The number of aliphatic hydroxyl groups is 1. The first-order valence-corrected chi connectivity index (χ1v) is 9.23. The second-order valence-corrected chi connectivity index (χ2v) is 8.14. The minimum absolute atomic E-state index is 0.0320. The van der Waals surface area contributed by atoms with Gasteiger partial charge in [0.2, 0.25) is 0 Å². The second kappa shape index (κ2) is 6.64. The molecule has 2 fully saturated rings. The first kappa shape index (κ1) is 17.7. The van der Waals surface area contributed by atoms with Crippen LogP contribution in [0.5, 0.6) is 0 Å². The summed E-state index contributed by atoms with van der Waals surface area (Å²) >= 11 is 0. The van der Waals surface area contributed by atoms with Gasteiger partial charge in [0.25, 0.3) is 0 Å². The number of hydrogen-bond donors (Lipinski definition) is 1. The smallest absolute Gasteiger partial charge is 0.334 e. The lowest BCUT2D eigenvalue weighted by Crippen LogP contribution is -2.47. The van der Waals surface area contributed by atoms with E-state index in [1.54, 1.807) is 0 Å². The molecule has 4 nitrogen and oxygen atoms in total. The SMILES string of the molecule is C=C1C(=O)O[C@@H]2[C@@H]3O[C@@H](C[C@@H]13)[C@](C)(O)CCC=C(C)CCC[C@@H]2C. The molecule has 2 saturated heterocycles. The maximum absolute atomic E-state index is 12.2. The van der Waals surface area contributed by atoms with Crippen LogP contribution in [0.4, 0.5) is 0 Å². The van der Waals surface area contributed by atoms with Crippen molar-refractivity contribution in [3.05, 3.63) is 23.8 Å². The van der Waals surface area contributed by atoms with Gasteiger partial charge in [0, 0.05) is 11.5 Å². The topological polar surface area (TPSA) is 55.8 Å². The monoisotopic (exact) mass is 334 g/mol. The van der Waals surface area contributed by atoms with Gasteiger partial charge >= 0.3 is 5.97 Å². The molecule has 2 bridgehead atoms. The Hall–Kier alpha value is -1.13. The van der Waals surface area contributed by atoms with E-state index < -0.39 is 5.60 Å². The van der Waals surface area contributed by atoms with Crippen LogP contribution in [0.1, 0.15) is 59.3 Å². The zero-order valence-corrected chi connectivity index (χ0v) is 15.1. The lowest BCUT2D eigenvalue weighted by Gasteiger charge is -2.37. The molecule has 0 aromatic carbocycles. The van der Waals surface area contributed by atoms with E-state index in [4.69, 9.17) is 9.47 Å². The summed E-state index contributed by atoms with van der Waals surface area (Å²) in [6.45, 7) is 10.1. The molecule has 0 amide bonds. The summed E-state index contributed by atoms with van der Waals surface area (Å²) in [5.41, 5.74) is 0.971. The third kappa shape index (κ3) is 3.31. The van der Waals surface area contributed by atoms with Crippen LogP contribution in [0.3, 0.4) is 0 Å². The fraction of sp³-hybridized carbons (Fsp3) is 0.750. The maximum Gasteiger partial charge on any atom is 0.334 e. The van der Waals surface area contributed by atoms with Crippen molar-refractivity contribution in [2.45, 2.75) is 83.2 Å². The fourth-order valence-corrected chi connectivity index (χ4v) is 4.35. The van der Waals surface area contributed by atoms with Gasteiger partial charge in [-0.25, -0.2) is 4.79 Å². The lowest BCUT2D eigenvalue weighted by atomic mass is 9.79. The van der Waals surface area contributed by atoms with E-state index in [1.807, 2.05) is 6.92 Å². The van der Waals surface area contributed by atoms with Gasteiger partial charge in [-0.1, -0.05) is 25.2 Å². The molecule has 0 spiro atoms. The van der Waals surface area contributed by atoms with Gasteiger partial charge in [-0.05, 0) is 58.3 Å². The zero-order chi connectivity index (χ0) is 17.5. The zero-order valence-electron chi connectivity index (χ0n) is 15.1. The summed E-state index contributed by atoms with van der Waals surface area (Å²) < 4.78 is 11.9. The predicted octanol–water partition coefficient (Wildman–Crippen LogP) is 3.54. The van der Waals surface area contributed by atoms with E-state index in [0.717, 1.165) is 25.7 Å². The maximum atomic E-state index is 12.2. The van der Waals surface area contributed by atoms with Gasteiger partial charge in [0.15, 0.2) is 0 Å². The first-order chi connectivity index (χ1) is 11.3. The number of carbonyl (C=O) groups excluding carboxylic acids is 1. The molecule has 0 aromatic rings. The number of esters is 1. The summed E-state index contributed by atoms with van der Waals surface area (Å²) in [5.74, 6) is -0.0811. The molecule has 3 rings (SSSR count). The molecule has 24 heavy (non-hydrogen) atoms. The number of rotatable bonds is 0. The Morgan fingerprint density at radius 2 is 2.12 bits per heavy atom. The third-order valence-corrected chi connectivity index (χ3v) is 6.09. The van der Waals surface area contributed by atoms with Gasteiger partial charge in [0.1, 0.15) is 12.2 Å². The van der Waals surface area contributed by atoms with Gasteiger partial charge in [-0.2, -0.15) is 0 Å². The van der Waals surface area contributed by atoms with Crippen molar-refractivity contribution in [2.24, 2.45) is 11.8 Å². The first-order valence-electron chi connectivity index (χ1n) is 9.23. The second-order valence-electron chi connectivity index (χ2n) is 8.14. The van der Waals surface area contributed by atoms with Gasteiger partial charge < -0.3 is 14.6 Å². The summed E-state index contributed by atoms with van der Waals surface area (Å²) in [4.78, 5) is 12.2. The summed E-state index contributed by atoms with van der Waals surface area (Å²) in [6.07, 6.45) is 6.86. The molecule has 0 aromatic heterocycles. The van der Waals surface area contributed by atoms with Gasteiger partial charge in [-0.3, -0.25) is 0 Å². The van der Waals surface area contributed by atoms with Crippen molar-refractivity contribution in [3.63, 3.8) is 0 Å². The van der Waals surface area contributed by atoms with Crippen LogP contribution in [0.2, 0.25) is 0 Å². The molecule has 1 N–H and O–H groups in total. The number of ether oxygens (including phenoxy) is 2. The molecule has 134 valence electrons. The number of fused-ring (bicyclic) bond motifs is 1. The van der Waals surface area contributed by atoms with Crippen molar-refractivity contribution in [1.29, 1.82) is 0 Å². The van der Waals surface area contributed by atoms with Crippen LogP contribution >= 0.6 is 0 Å². The Bertz CT molecular complexity index is 548. The molecule has 3 heterocycles. The molecular formula is C20H30O4. The minimum Gasteiger partial charge on any atom is -0.456 e. The molecule has 6 atom stereocenters. The minimum atomic E-state index is -0.903. The van der Waals surface area contributed by atoms with Crippen LogP contribution in [0.15, 0.2) is 23.8 Å². The lowest BCUT2D eigenvalue weighted by molar-refractivity contribution is -0.174. The van der Waals surface area contributed by atoms with E-state index in [1.165, 1.54) is 5.57 Å². The summed E-state index contributed by atoms with van der Waals surface area (Å²) in [5, 5.41) is 10.9. The Kier molecular flexibility index (Phi) is 4.89. The molecule has 0 saturated carbocycles. The fourth-order valence-electron chi connectivity index (χ4n) is 4.35. The number of hydrogen-bond acceptors (Lipinski definition) is 4. The molecule has 3 aliphatic rings.